The van der Waals surface area contributed by atoms with Gasteiger partial charge in [-0.15, -0.1) is 32.9 Å². The molecule has 4 aromatic heterocycles. The third-order valence-corrected chi connectivity index (χ3v) is 16.7. The average molecular weight is 1040 g/mol. The summed E-state index contributed by atoms with van der Waals surface area (Å²) in [7, 11) is 0. The molecule has 14 nitrogen and oxygen atoms in total. The Balaban J connectivity index is 0.774. The van der Waals surface area contributed by atoms with Crippen LogP contribution in [0.1, 0.15) is 109 Å². The van der Waals surface area contributed by atoms with E-state index in [0.29, 0.717) is 46.4 Å². The second-order valence-electron chi connectivity index (χ2n) is 19.8. The molecule has 1 saturated carbocycles. The first-order valence-corrected chi connectivity index (χ1v) is 26.7. The summed E-state index contributed by atoms with van der Waals surface area (Å²) in [6.45, 7) is 13.9. The molecule has 0 bridgehead atoms. The molecule has 10 rings (SSSR count). The van der Waals surface area contributed by atoms with Crippen LogP contribution in [-0.2, 0) is 14.4 Å². The summed E-state index contributed by atoms with van der Waals surface area (Å²) in [5.41, 5.74) is 8.08. The van der Waals surface area contributed by atoms with Gasteiger partial charge in [-0.3, -0.25) is 28.6 Å². The van der Waals surface area contributed by atoms with E-state index >= 15 is 4.39 Å². The SMILES string of the molecule is Cc1ccsc1-c1ccc(C(C)NC(=O)[C@@H]2C[C@@H](O)CN2C(=O)C(C(C)C)n2cc(-c3cc(F)cc(OC4CC(NC(=O)C[C@@H]5N=C(c6ccc(Cl)cc6)c6c(sc(C)c6C)-n6c(C)nnc65)C4)c3)cn2)cc1. The lowest BCUT2D eigenvalue weighted by Crippen LogP contribution is -2.49. The Kier molecular flexibility index (Phi) is 14.0. The fourth-order valence-corrected chi connectivity index (χ4v) is 12.4. The zero-order valence-corrected chi connectivity index (χ0v) is 44.0. The summed E-state index contributed by atoms with van der Waals surface area (Å²) in [6, 6.07) is 19.4. The van der Waals surface area contributed by atoms with Gasteiger partial charge in [-0.2, -0.15) is 5.10 Å². The van der Waals surface area contributed by atoms with Crippen molar-refractivity contribution < 1.29 is 28.6 Å². The summed E-state index contributed by atoms with van der Waals surface area (Å²) in [5.74, 6) is 0.0123. The van der Waals surface area contributed by atoms with Gasteiger partial charge in [0.25, 0.3) is 0 Å². The number of nitrogens with zero attached hydrogens (tertiary/aromatic N) is 7. The minimum absolute atomic E-state index is 0.00847. The molecular weight excluding hydrogens is 985 g/mol. The molecular formula is C55H57ClFN9O5S2. The molecule has 3 N–H and O–H groups in total. The molecule has 7 aromatic rings. The van der Waals surface area contributed by atoms with Crippen LogP contribution >= 0.6 is 34.3 Å². The van der Waals surface area contributed by atoms with Crippen LogP contribution in [0.2, 0.25) is 5.02 Å². The number of halogens is 2. The number of aromatic nitrogens is 5. The van der Waals surface area contributed by atoms with Crippen molar-refractivity contribution in [3.63, 3.8) is 0 Å². The van der Waals surface area contributed by atoms with Gasteiger partial charge in [-0.05, 0) is 104 Å². The first kappa shape index (κ1) is 50.0. The molecule has 3 aliphatic rings. The van der Waals surface area contributed by atoms with E-state index in [1.807, 2.05) is 80.8 Å². The number of rotatable bonds is 14. The number of carbonyl (C=O) groups is 3. The number of benzene rings is 3. The predicted octanol–water partition coefficient (Wildman–Crippen LogP) is 9.99. The Morgan fingerprint density at radius 3 is 2.37 bits per heavy atom. The Hall–Kier alpha value is -6.53. The van der Waals surface area contributed by atoms with Crippen molar-refractivity contribution in [1.82, 2.24) is 40.1 Å². The number of amides is 3. The van der Waals surface area contributed by atoms with Gasteiger partial charge in [-0.25, -0.2) is 4.39 Å². The number of thiophene rings is 2. The van der Waals surface area contributed by atoms with Gasteiger partial charge in [0.1, 0.15) is 46.6 Å². The molecule has 2 fully saturated rings. The third kappa shape index (κ3) is 10.1. The maximum Gasteiger partial charge on any atom is 0.248 e. The monoisotopic (exact) mass is 1040 g/mol. The van der Waals surface area contributed by atoms with E-state index in [4.69, 9.17) is 21.3 Å². The highest BCUT2D eigenvalue weighted by Gasteiger charge is 2.43. The van der Waals surface area contributed by atoms with Gasteiger partial charge >= 0.3 is 0 Å². The zero-order chi connectivity index (χ0) is 51.4. The van der Waals surface area contributed by atoms with Crippen molar-refractivity contribution in [2.45, 2.75) is 117 Å². The largest absolute Gasteiger partial charge is 0.490 e. The second-order valence-corrected chi connectivity index (χ2v) is 22.4. The van der Waals surface area contributed by atoms with E-state index in [-0.39, 0.29) is 61.2 Å². The van der Waals surface area contributed by atoms with Gasteiger partial charge in [0.05, 0.1) is 30.5 Å². The Bertz CT molecular complexity index is 3250. The topological polar surface area (TPSA) is 169 Å². The molecule has 0 radical (unpaired) electrons. The van der Waals surface area contributed by atoms with Crippen molar-refractivity contribution in [1.29, 1.82) is 0 Å². The summed E-state index contributed by atoms with van der Waals surface area (Å²) < 4.78 is 25.2. The Morgan fingerprint density at radius 2 is 1.66 bits per heavy atom. The molecule has 1 saturated heterocycles. The first-order valence-electron chi connectivity index (χ1n) is 24.6. The molecule has 2 aliphatic heterocycles. The fourth-order valence-electron chi connectivity index (χ4n) is 10.2. The Labute approximate surface area is 436 Å². The number of hydrogen-bond acceptors (Lipinski definition) is 11. The van der Waals surface area contributed by atoms with Crippen LogP contribution in [0.3, 0.4) is 0 Å². The number of aliphatic imine (C=N–C) groups is 1. The van der Waals surface area contributed by atoms with Crippen molar-refractivity contribution in [3.05, 3.63) is 146 Å². The average Bonchev–Trinajstić information content (AvgIpc) is 4.19. The number of likely N-dealkylation sites (tertiary alicyclic amines) is 1. The molecule has 73 heavy (non-hydrogen) atoms. The van der Waals surface area contributed by atoms with Gasteiger partial charge in [0, 0.05) is 75.6 Å². The van der Waals surface area contributed by atoms with Crippen LogP contribution in [0.15, 0.2) is 95.6 Å². The molecule has 378 valence electrons. The lowest BCUT2D eigenvalue weighted by molar-refractivity contribution is -0.142. The first-order chi connectivity index (χ1) is 35.0. The smallest absolute Gasteiger partial charge is 0.248 e. The highest BCUT2D eigenvalue weighted by molar-refractivity contribution is 7.15. The van der Waals surface area contributed by atoms with Crippen molar-refractivity contribution >= 4 is 57.7 Å². The number of β-amino-alcohol motifs (C(OH)–C–C–N with tert-alkyl or cyclic N) is 1. The number of hydrogen-bond donors (Lipinski definition) is 3. The standard InChI is InChI=1S/C55H57ClFN9O5S2/c1-28(2)50(54(70)64-27-42(67)23-46(64)53(69)59-31(5)34-8-10-36(11-9-34)51-29(3)16-17-72-51)65-26-38(25-58-65)37-18-40(57)20-43(19-37)71-44-21-41(22-44)60-47(68)24-45-52-63-62-33(7)66(52)55-48(30(4)32(6)73-55)49(61-45)35-12-14-39(56)15-13-35/h8-20,25-26,28,31,41-42,44-46,50,67H,21-24,27H2,1-7H3,(H,59,69)(H,60,68)/t31?,41?,42-,44?,45+,46+,50?/m1/s1. The maximum absolute atomic E-state index is 15.3. The number of carbonyl (C=O) groups excluding carboxylic acids is 3. The van der Waals surface area contributed by atoms with E-state index in [0.717, 1.165) is 43.4 Å². The minimum atomic E-state index is -0.877. The van der Waals surface area contributed by atoms with Gasteiger partial charge in [0.15, 0.2) is 5.82 Å². The number of ether oxygens (including phenoxy) is 1. The summed E-state index contributed by atoms with van der Waals surface area (Å²) >= 11 is 9.61. The Morgan fingerprint density at radius 1 is 0.918 bits per heavy atom. The van der Waals surface area contributed by atoms with Crippen LogP contribution in [0.5, 0.6) is 5.75 Å². The third-order valence-electron chi connectivity index (χ3n) is 14.2. The molecule has 3 amide bonds. The van der Waals surface area contributed by atoms with Crippen LogP contribution < -0.4 is 15.4 Å². The number of nitrogens with one attached hydrogen (secondary N) is 2. The second kappa shape index (κ2) is 20.4. The van der Waals surface area contributed by atoms with Crippen LogP contribution in [-0.4, -0.2) is 88.8 Å². The highest BCUT2D eigenvalue weighted by Crippen LogP contribution is 2.40. The highest BCUT2D eigenvalue weighted by atomic mass is 35.5. The molecule has 5 atom stereocenters. The van der Waals surface area contributed by atoms with Crippen molar-refractivity contribution in [2.24, 2.45) is 10.9 Å². The summed E-state index contributed by atoms with van der Waals surface area (Å²) in [4.78, 5) is 51.1. The van der Waals surface area contributed by atoms with Gasteiger partial charge < -0.3 is 25.4 Å². The maximum atomic E-state index is 15.3. The van der Waals surface area contributed by atoms with Gasteiger partial charge in [-0.1, -0.05) is 61.8 Å². The van der Waals surface area contributed by atoms with E-state index in [2.05, 4.69) is 58.1 Å². The normalized spacial score (nSPS) is 20.1. The summed E-state index contributed by atoms with van der Waals surface area (Å²) in [5, 5.41) is 34.2. The summed E-state index contributed by atoms with van der Waals surface area (Å²) in [6.07, 6.45) is 3.34. The molecule has 18 heteroatoms. The lowest BCUT2D eigenvalue weighted by Gasteiger charge is -2.36. The van der Waals surface area contributed by atoms with E-state index < -0.39 is 30.0 Å². The van der Waals surface area contributed by atoms with Crippen LogP contribution in [0, 0.1) is 39.4 Å². The molecule has 2 unspecified atom stereocenters. The minimum Gasteiger partial charge on any atom is -0.490 e. The number of aryl methyl sites for hydroxylation is 3. The molecule has 3 aromatic carbocycles. The van der Waals surface area contributed by atoms with E-state index in [9.17, 15) is 19.5 Å². The van der Waals surface area contributed by atoms with E-state index in [1.54, 1.807) is 45.8 Å². The number of aliphatic hydroxyl groups is 1. The molecule has 0 spiro atoms. The van der Waals surface area contributed by atoms with Crippen LogP contribution in [0.4, 0.5) is 4.39 Å². The zero-order valence-electron chi connectivity index (χ0n) is 41.6. The lowest BCUT2D eigenvalue weighted by atomic mass is 9.89. The van der Waals surface area contributed by atoms with Gasteiger partial charge in [0.2, 0.25) is 17.7 Å². The van der Waals surface area contributed by atoms with Crippen molar-refractivity contribution in [3.8, 4) is 32.3 Å². The van der Waals surface area contributed by atoms with Crippen LogP contribution in [0.25, 0.3) is 26.6 Å². The predicted molar refractivity (Wildman–Crippen MR) is 282 cm³/mol. The molecule has 1 aliphatic carbocycles. The quantitative estimate of drug-likeness (QED) is 0.0967. The fraction of sp³-hybridized carbons (Fsp3) is 0.364. The van der Waals surface area contributed by atoms with Crippen molar-refractivity contribution in [2.75, 3.05) is 6.54 Å². The number of aliphatic hydroxyl groups excluding tert-OH is 1. The molecule has 6 heterocycles. The number of fused-ring (bicyclic) bond motifs is 3. The van der Waals surface area contributed by atoms with E-state index in [1.165, 1.54) is 27.5 Å².